The van der Waals surface area contributed by atoms with E-state index in [1.807, 2.05) is 0 Å². The fraction of sp³-hybridized carbons (Fsp3) is 0.500. The molecule has 0 saturated carbocycles. The number of hydrogen-bond acceptors (Lipinski definition) is 12. The van der Waals surface area contributed by atoms with Gasteiger partial charge in [-0.2, -0.15) is 0 Å². The molecule has 0 aliphatic carbocycles. The van der Waals surface area contributed by atoms with Crippen LogP contribution in [0.5, 0.6) is 11.5 Å². The van der Waals surface area contributed by atoms with Gasteiger partial charge in [-0.1, -0.05) is 46.9 Å². The average Bonchev–Trinajstić information content (AvgIpc) is 3.18. The quantitative estimate of drug-likeness (QED) is 0.182. The third kappa shape index (κ3) is 9.40. The fourth-order valence-corrected chi connectivity index (χ4v) is 7.57. The van der Waals surface area contributed by atoms with Crippen molar-refractivity contribution in [2.24, 2.45) is 0 Å². The third-order valence-electron chi connectivity index (χ3n) is 9.67. The first kappa shape index (κ1) is 37.1. The molecule has 2 saturated heterocycles. The number of nitrogens with zero attached hydrogens (tertiary/aromatic N) is 7. The Hall–Kier alpha value is -3.71. The van der Waals surface area contributed by atoms with E-state index < -0.39 is 0 Å². The zero-order chi connectivity index (χ0) is 35.6. The third-order valence-corrected chi connectivity index (χ3v) is 10.5. The highest BCUT2D eigenvalue weighted by Crippen LogP contribution is 2.36. The topological polar surface area (TPSA) is 135 Å². The number of piperidine rings is 2. The smallest absolute Gasteiger partial charge is 0.199 e. The second-order valence-electron chi connectivity index (χ2n) is 12.8. The van der Waals surface area contributed by atoms with E-state index in [2.05, 4.69) is 65.1 Å². The summed E-state index contributed by atoms with van der Waals surface area (Å²) in [6.45, 7) is 6.18. The van der Waals surface area contributed by atoms with Crippen molar-refractivity contribution < 1.29 is 9.47 Å². The molecule has 4 aliphatic heterocycles. The van der Waals surface area contributed by atoms with E-state index in [-0.39, 0.29) is 10.3 Å². The summed E-state index contributed by atoms with van der Waals surface area (Å²) in [6, 6.07) is 8.95. The SMILES string of the molecule is COc1c(Cl)ncnc1Cl.COc1c(Cl)ncnc1N1CCC(c2ccc3c(n2)NCCC3)CC1.c1cc2c(nc1C1CCNCC1)NCCC2. The maximum atomic E-state index is 6.12. The van der Waals surface area contributed by atoms with Crippen LogP contribution in [0.1, 0.15) is 72.9 Å². The van der Waals surface area contributed by atoms with E-state index in [0.29, 0.717) is 28.5 Å². The van der Waals surface area contributed by atoms with Gasteiger partial charge in [0.25, 0.3) is 0 Å². The van der Waals surface area contributed by atoms with Crippen LogP contribution < -0.4 is 30.3 Å². The number of halogens is 3. The van der Waals surface area contributed by atoms with Gasteiger partial charge in [-0.3, -0.25) is 0 Å². The lowest BCUT2D eigenvalue weighted by Gasteiger charge is -2.33. The van der Waals surface area contributed by atoms with E-state index in [1.54, 1.807) is 7.11 Å². The maximum Gasteiger partial charge on any atom is 0.199 e. The normalized spacial score (nSPS) is 17.2. The molecule has 3 N–H and O–H groups in total. The molecule has 4 aromatic heterocycles. The molecule has 4 aliphatic rings. The summed E-state index contributed by atoms with van der Waals surface area (Å²) in [5.41, 5.74) is 5.21. The van der Waals surface area contributed by atoms with Crippen LogP contribution in [-0.2, 0) is 12.8 Å². The van der Waals surface area contributed by atoms with Crippen LogP contribution in [0.3, 0.4) is 0 Å². The molecule has 51 heavy (non-hydrogen) atoms. The standard InChI is InChI=1S/C18H22ClN5O.C13H19N3.C5H4Cl2N2O/c1-25-15-16(19)21-11-22-18(15)24-9-6-12(7-10-24)14-5-4-13-3-2-8-20-17(13)23-14;1-2-11-3-4-12(16-13(11)15-7-1)10-5-8-14-9-6-10;1-10-3-4(6)8-2-9-5(3)7/h4-5,11-12H,2-3,6-10H2,1H3,(H,20,23);3-4,10,14H,1-2,5-9H2,(H,15,16);2H,1H3. The number of fused-ring (bicyclic) bond motifs is 2. The van der Waals surface area contributed by atoms with Crippen molar-refractivity contribution in [3.63, 3.8) is 0 Å². The Balaban J connectivity index is 0.000000147. The molecule has 0 amide bonds. The fourth-order valence-electron chi connectivity index (χ4n) is 6.89. The predicted molar refractivity (Wildman–Crippen MR) is 203 cm³/mol. The van der Waals surface area contributed by atoms with Crippen molar-refractivity contribution in [1.29, 1.82) is 0 Å². The highest BCUT2D eigenvalue weighted by molar-refractivity contribution is 6.35. The maximum absolute atomic E-state index is 6.12. The van der Waals surface area contributed by atoms with Crippen LogP contribution >= 0.6 is 34.8 Å². The number of aryl methyl sites for hydroxylation is 2. The molecule has 0 bridgehead atoms. The molecule has 272 valence electrons. The Morgan fingerprint density at radius 1 is 0.627 bits per heavy atom. The minimum absolute atomic E-state index is 0.225. The molecule has 4 aromatic rings. The summed E-state index contributed by atoms with van der Waals surface area (Å²) >= 11 is 17.3. The van der Waals surface area contributed by atoms with E-state index in [9.17, 15) is 0 Å². The summed E-state index contributed by atoms with van der Waals surface area (Å²) in [4.78, 5) is 27.6. The van der Waals surface area contributed by atoms with Crippen molar-refractivity contribution in [1.82, 2.24) is 35.2 Å². The van der Waals surface area contributed by atoms with Crippen molar-refractivity contribution in [3.05, 3.63) is 74.9 Å². The molecule has 0 radical (unpaired) electrons. The van der Waals surface area contributed by atoms with Crippen LogP contribution in [0.4, 0.5) is 17.5 Å². The van der Waals surface area contributed by atoms with Crippen molar-refractivity contribution in [3.8, 4) is 11.5 Å². The number of methoxy groups -OCH3 is 2. The number of ether oxygens (including phenoxy) is 2. The van der Waals surface area contributed by atoms with Gasteiger partial charge in [0.05, 0.1) is 14.2 Å². The predicted octanol–water partition coefficient (Wildman–Crippen LogP) is 6.97. The van der Waals surface area contributed by atoms with Gasteiger partial charge in [0, 0.05) is 49.4 Å². The molecule has 8 rings (SSSR count). The van der Waals surface area contributed by atoms with Crippen molar-refractivity contribution in [2.75, 3.05) is 69.0 Å². The monoisotopic (exact) mass is 754 g/mol. The Bertz CT molecular complexity index is 1730. The zero-order valence-corrected chi connectivity index (χ0v) is 31.4. The number of aromatic nitrogens is 6. The van der Waals surface area contributed by atoms with Gasteiger partial charge in [0.1, 0.15) is 24.3 Å². The number of nitrogens with one attached hydrogen (secondary N) is 3. The number of hydrogen-bond donors (Lipinski definition) is 3. The van der Waals surface area contributed by atoms with Crippen LogP contribution in [-0.4, -0.2) is 83.4 Å². The summed E-state index contributed by atoms with van der Waals surface area (Å²) < 4.78 is 10.2. The molecule has 15 heteroatoms. The van der Waals surface area contributed by atoms with Gasteiger partial charge < -0.3 is 30.3 Å². The second kappa shape index (κ2) is 18.2. The molecular weight excluding hydrogens is 711 g/mol. The molecule has 12 nitrogen and oxygen atoms in total. The Kier molecular flexibility index (Phi) is 13.2. The molecule has 8 heterocycles. The largest absolute Gasteiger partial charge is 0.491 e. The lowest BCUT2D eigenvalue weighted by atomic mass is 9.92. The molecule has 0 aromatic carbocycles. The molecule has 2 fully saturated rings. The van der Waals surface area contributed by atoms with Crippen molar-refractivity contribution >= 4 is 52.3 Å². The highest BCUT2D eigenvalue weighted by Gasteiger charge is 2.26. The van der Waals surface area contributed by atoms with Gasteiger partial charge in [0.15, 0.2) is 32.8 Å². The lowest BCUT2D eigenvalue weighted by molar-refractivity contribution is 0.406. The van der Waals surface area contributed by atoms with Gasteiger partial charge in [-0.15, -0.1) is 0 Å². The van der Waals surface area contributed by atoms with Gasteiger partial charge in [0.2, 0.25) is 0 Å². The Morgan fingerprint density at radius 3 is 1.63 bits per heavy atom. The van der Waals surface area contributed by atoms with Crippen LogP contribution in [0, 0.1) is 0 Å². The molecule has 0 atom stereocenters. The molecule has 0 unspecified atom stereocenters. The summed E-state index contributed by atoms with van der Waals surface area (Å²) in [7, 11) is 3.06. The minimum Gasteiger partial charge on any atom is -0.491 e. The summed E-state index contributed by atoms with van der Waals surface area (Å²) in [5.74, 6) is 5.01. The molecule has 0 spiro atoms. The first-order valence-electron chi connectivity index (χ1n) is 17.6. The van der Waals surface area contributed by atoms with Crippen LogP contribution in [0.2, 0.25) is 15.5 Å². The summed E-state index contributed by atoms with van der Waals surface area (Å²) in [5, 5.41) is 11.1. The van der Waals surface area contributed by atoms with Crippen LogP contribution in [0.15, 0.2) is 36.9 Å². The highest BCUT2D eigenvalue weighted by atomic mass is 35.5. The van der Waals surface area contributed by atoms with Crippen LogP contribution in [0.25, 0.3) is 0 Å². The minimum atomic E-state index is 0.225. The van der Waals surface area contributed by atoms with Crippen molar-refractivity contribution in [2.45, 2.75) is 63.2 Å². The van der Waals surface area contributed by atoms with Gasteiger partial charge >= 0.3 is 0 Å². The molecular formula is C36H45Cl3N10O2. The first-order valence-corrected chi connectivity index (χ1v) is 18.8. The first-order chi connectivity index (χ1) is 24.9. The number of rotatable bonds is 5. The Morgan fingerprint density at radius 2 is 1.12 bits per heavy atom. The van der Waals surface area contributed by atoms with E-state index in [1.165, 1.54) is 74.4 Å². The summed E-state index contributed by atoms with van der Waals surface area (Å²) in [6.07, 6.45) is 12.0. The lowest BCUT2D eigenvalue weighted by Crippen LogP contribution is -2.34. The van der Waals surface area contributed by atoms with E-state index in [0.717, 1.165) is 76.0 Å². The number of anilines is 3. The zero-order valence-electron chi connectivity index (χ0n) is 29.1. The van der Waals surface area contributed by atoms with E-state index in [4.69, 9.17) is 54.2 Å². The van der Waals surface area contributed by atoms with E-state index >= 15 is 0 Å². The Labute approximate surface area is 314 Å². The number of pyridine rings is 2. The second-order valence-corrected chi connectivity index (χ2v) is 13.9. The van der Waals surface area contributed by atoms with Gasteiger partial charge in [-0.25, -0.2) is 29.9 Å². The van der Waals surface area contributed by atoms with Gasteiger partial charge in [-0.05, 0) is 87.7 Å². The average molecular weight is 756 g/mol.